The molecule has 7 heteroatoms. The van der Waals surface area contributed by atoms with Crippen molar-refractivity contribution in [3.05, 3.63) is 77.9 Å². The Hall–Kier alpha value is -3.79. The van der Waals surface area contributed by atoms with Crippen LogP contribution in [0.4, 0.5) is 11.6 Å². The third-order valence-electron chi connectivity index (χ3n) is 3.31. The van der Waals surface area contributed by atoms with E-state index in [0.717, 1.165) is 5.56 Å². The Morgan fingerprint density at radius 2 is 2.08 bits per heavy atom. The van der Waals surface area contributed by atoms with Gasteiger partial charge in [0.05, 0.1) is 11.6 Å². The molecule has 2 N–H and O–H groups in total. The molecule has 0 spiro atoms. The van der Waals surface area contributed by atoms with Crippen LogP contribution in [-0.4, -0.2) is 20.9 Å². The maximum atomic E-state index is 12.3. The predicted molar refractivity (Wildman–Crippen MR) is 92.7 cm³/mol. The number of benzene rings is 1. The smallest absolute Gasteiger partial charge is 0.274 e. The highest BCUT2D eigenvalue weighted by Gasteiger charge is 2.09. The van der Waals surface area contributed by atoms with Crippen molar-refractivity contribution in [3.8, 4) is 6.07 Å². The summed E-state index contributed by atoms with van der Waals surface area (Å²) in [6, 6.07) is 14.0. The first-order chi connectivity index (χ1) is 12.2. The molecule has 0 fully saturated rings. The Kier molecular flexibility index (Phi) is 4.93. The maximum Gasteiger partial charge on any atom is 0.274 e. The van der Waals surface area contributed by atoms with Crippen LogP contribution in [0.3, 0.4) is 0 Å². The number of hydrogen-bond donors (Lipinski definition) is 2. The number of amides is 1. The normalized spacial score (nSPS) is 9.88. The minimum atomic E-state index is -0.373. The van der Waals surface area contributed by atoms with Crippen LogP contribution in [0.5, 0.6) is 0 Å². The number of anilines is 2. The van der Waals surface area contributed by atoms with Crippen molar-refractivity contribution in [1.29, 1.82) is 5.26 Å². The molecular weight excluding hydrogens is 316 g/mol. The number of nitriles is 1. The van der Waals surface area contributed by atoms with Gasteiger partial charge in [-0.3, -0.25) is 9.78 Å². The van der Waals surface area contributed by atoms with Crippen molar-refractivity contribution in [2.75, 3.05) is 10.6 Å². The quantitative estimate of drug-likeness (QED) is 0.745. The molecule has 1 aromatic carbocycles. The van der Waals surface area contributed by atoms with Gasteiger partial charge in [-0.25, -0.2) is 9.97 Å². The lowest BCUT2D eigenvalue weighted by atomic mass is 10.2. The molecular formula is C18H14N6O. The molecule has 0 radical (unpaired) electrons. The van der Waals surface area contributed by atoms with E-state index in [0.29, 0.717) is 23.7 Å². The number of nitrogens with one attached hydrogen (secondary N) is 2. The summed E-state index contributed by atoms with van der Waals surface area (Å²) in [5.74, 6) is -0.0239. The average Bonchev–Trinajstić information content (AvgIpc) is 2.67. The number of aromatic nitrogens is 3. The summed E-state index contributed by atoms with van der Waals surface area (Å²) in [5.41, 5.74) is 2.21. The highest BCUT2D eigenvalue weighted by molar-refractivity contribution is 6.03. The van der Waals surface area contributed by atoms with E-state index in [1.807, 2.05) is 18.2 Å². The van der Waals surface area contributed by atoms with Gasteiger partial charge in [0.15, 0.2) is 0 Å². The van der Waals surface area contributed by atoms with E-state index in [-0.39, 0.29) is 11.6 Å². The van der Waals surface area contributed by atoms with Gasteiger partial charge in [0.2, 0.25) is 5.95 Å². The monoisotopic (exact) mass is 330 g/mol. The molecule has 0 aliphatic heterocycles. The van der Waals surface area contributed by atoms with Crippen LogP contribution in [0.1, 0.15) is 21.6 Å². The van der Waals surface area contributed by atoms with Crippen molar-refractivity contribution in [2.45, 2.75) is 6.54 Å². The molecule has 0 aliphatic carbocycles. The molecule has 0 unspecified atom stereocenters. The molecule has 122 valence electrons. The Bertz CT molecular complexity index is 920. The molecule has 0 atom stereocenters. The molecule has 0 aliphatic rings. The lowest BCUT2D eigenvalue weighted by Gasteiger charge is -2.07. The van der Waals surface area contributed by atoms with E-state index in [4.69, 9.17) is 5.26 Å². The molecule has 2 heterocycles. The van der Waals surface area contributed by atoms with E-state index < -0.39 is 0 Å². The summed E-state index contributed by atoms with van der Waals surface area (Å²) in [5, 5.41) is 14.7. The fourth-order valence-electron chi connectivity index (χ4n) is 2.12. The predicted octanol–water partition coefficient (Wildman–Crippen LogP) is 2.61. The van der Waals surface area contributed by atoms with Crippen LogP contribution in [0.2, 0.25) is 0 Å². The minimum absolute atomic E-state index is 0.228. The van der Waals surface area contributed by atoms with Gasteiger partial charge < -0.3 is 10.6 Å². The van der Waals surface area contributed by atoms with Crippen LogP contribution in [-0.2, 0) is 6.54 Å². The van der Waals surface area contributed by atoms with Crippen LogP contribution >= 0.6 is 0 Å². The number of hydrogen-bond acceptors (Lipinski definition) is 6. The number of nitrogens with zero attached hydrogens (tertiary/aromatic N) is 4. The summed E-state index contributed by atoms with van der Waals surface area (Å²) in [6.07, 6.45) is 4.96. The van der Waals surface area contributed by atoms with Crippen molar-refractivity contribution in [3.63, 3.8) is 0 Å². The second-order valence-electron chi connectivity index (χ2n) is 5.13. The van der Waals surface area contributed by atoms with Gasteiger partial charge in [-0.1, -0.05) is 12.1 Å². The summed E-state index contributed by atoms with van der Waals surface area (Å²) in [7, 11) is 0. The van der Waals surface area contributed by atoms with E-state index in [2.05, 4.69) is 25.6 Å². The van der Waals surface area contributed by atoms with E-state index in [1.165, 1.54) is 12.3 Å². The Labute approximate surface area is 144 Å². The van der Waals surface area contributed by atoms with Gasteiger partial charge in [0.25, 0.3) is 5.91 Å². The Balaban J connectivity index is 1.68. The number of carbonyl (C=O) groups is 1. The lowest BCUT2D eigenvalue weighted by molar-refractivity contribution is 0.102. The standard InChI is InChI=1S/C18H14N6O/c19-10-13-3-1-5-15(9-13)23-17(25)16-6-8-21-18(24-16)22-12-14-4-2-7-20-11-14/h1-9,11H,12H2,(H,23,25)(H,21,22,24). The lowest BCUT2D eigenvalue weighted by Crippen LogP contribution is -2.15. The van der Waals surface area contributed by atoms with Crippen molar-refractivity contribution in [2.24, 2.45) is 0 Å². The van der Waals surface area contributed by atoms with Crippen LogP contribution < -0.4 is 10.6 Å². The first kappa shape index (κ1) is 16.1. The Morgan fingerprint density at radius 1 is 1.16 bits per heavy atom. The van der Waals surface area contributed by atoms with Gasteiger partial charge in [0, 0.05) is 30.8 Å². The molecule has 3 rings (SSSR count). The Morgan fingerprint density at radius 3 is 2.88 bits per heavy atom. The van der Waals surface area contributed by atoms with Gasteiger partial charge in [-0.05, 0) is 35.9 Å². The average molecular weight is 330 g/mol. The first-order valence-corrected chi connectivity index (χ1v) is 7.52. The first-order valence-electron chi connectivity index (χ1n) is 7.52. The zero-order valence-corrected chi connectivity index (χ0v) is 13.2. The molecule has 2 aromatic heterocycles. The molecule has 0 bridgehead atoms. The molecule has 25 heavy (non-hydrogen) atoms. The zero-order chi connectivity index (χ0) is 17.5. The highest BCUT2D eigenvalue weighted by atomic mass is 16.1. The summed E-state index contributed by atoms with van der Waals surface area (Å²) < 4.78 is 0. The van der Waals surface area contributed by atoms with Gasteiger partial charge in [-0.2, -0.15) is 5.26 Å². The fourth-order valence-corrected chi connectivity index (χ4v) is 2.12. The molecule has 3 aromatic rings. The van der Waals surface area contributed by atoms with Gasteiger partial charge in [0.1, 0.15) is 5.69 Å². The number of rotatable bonds is 5. The third-order valence-corrected chi connectivity index (χ3v) is 3.31. The highest BCUT2D eigenvalue weighted by Crippen LogP contribution is 2.12. The maximum absolute atomic E-state index is 12.3. The molecule has 0 saturated heterocycles. The van der Waals surface area contributed by atoms with Crippen molar-refractivity contribution < 1.29 is 4.79 Å². The van der Waals surface area contributed by atoms with Gasteiger partial charge >= 0.3 is 0 Å². The zero-order valence-electron chi connectivity index (χ0n) is 13.2. The fraction of sp³-hybridized carbons (Fsp3) is 0.0556. The largest absolute Gasteiger partial charge is 0.350 e. The summed E-state index contributed by atoms with van der Waals surface area (Å²) in [4.78, 5) is 24.7. The summed E-state index contributed by atoms with van der Waals surface area (Å²) in [6.45, 7) is 0.503. The van der Waals surface area contributed by atoms with Crippen LogP contribution in [0.25, 0.3) is 0 Å². The van der Waals surface area contributed by atoms with Crippen molar-refractivity contribution in [1.82, 2.24) is 15.0 Å². The van der Waals surface area contributed by atoms with Crippen LogP contribution in [0, 0.1) is 11.3 Å². The SMILES string of the molecule is N#Cc1cccc(NC(=O)c2ccnc(NCc3cccnc3)n2)c1. The second-order valence-corrected chi connectivity index (χ2v) is 5.13. The number of pyridine rings is 1. The molecule has 1 amide bonds. The molecule has 0 saturated carbocycles. The second kappa shape index (κ2) is 7.66. The topological polar surface area (TPSA) is 104 Å². The van der Waals surface area contributed by atoms with Crippen molar-refractivity contribution >= 4 is 17.5 Å². The van der Waals surface area contributed by atoms with E-state index in [9.17, 15) is 4.79 Å². The van der Waals surface area contributed by atoms with E-state index >= 15 is 0 Å². The van der Waals surface area contributed by atoms with E-state index in [1.54, 1.807) is 36.7 Å². The van der Waals surface area contributed by atoms with Gasteiger partial charge in [-0.15, -0.1) is 0 Å². The summed E-state index contributed by atoms with van der Waals surface area (Å²) >= 11 is 0. The van der Waals surface area contributed by atoms with Crippen LogP contribution in [0.15, 0.2) is 61.1 Å². The molecule has 7 nitrogen and oxygen atoms in total. The minimum Gasteiger partial charge on any atom is -0.350 e. The third kappa shape index (κ3) is 4.36. The number of carbonyl (C=O) groups excluding carboxylic acids is 1.